The summed E-state index contributed by atoms with van der Waals surface area (Å²) in [6.07, 6.45) is 1.80. The van der Waals surface area contributed by atoms with E-state index in [4.69, 9.17) is 0 Å². The minimum absolute atomic E-state index is 0.105. The number of sulfonamides is 1. The fourth-order valence-corrected chi connectivity index (χ4v) is 6.58. The summed E-state index contributed by atoms with van der Waals surface area (Å²) >= 11 is 1.25. The van der Waals surface area contributed by atoms with Crippen molar-refractivity contribution in [1.82, 2.24) is 4.31 Å². The Morgan fingerprint density at radius 3 is 2.48 bits per heavy atom. The van der Waals surface area contributed by atoms with Crippen molar-refractivity contribution in [2.75, 3.05) is 25.0 Å². The lowest BCUT2D eigenvalue weighted by atomic mass is 9.68. The van der Waals surface area contributed by atoms with Gasteiger partial charge in [-0.3, -0.25) is 4.79 Å². The molecule has 2 aliphatic rings. The molecule has 0 atom stereocenters. The van der Waals surface area contributed by atoms with E-state index in [9.17, 15) is 13.2 Å². The molecule has 1 aromatic heterocycles. The largest absolute Gasteiger partial charge is 0.315 e. The van der Waals surface area contributed by atoms with Crippen LogP contribution in [-0.4, -0.2) is 38.8 Å². The van der Waals surface area contributed by atoms with E-state index in [0.29, 0.717) is 36.6 Å². The van der Waals surface area contributed by atoms with Gasteiger partial charge in [-0.15, -0.1) is 11.3 Å². The molecule has 0 aliphatic carbocycles. The Bertz CT molecular complexity index is 898. The quantitative estimate of drug-likeness (QED) is 0.810. The summed E-state index contributed by atoms with van der Waals surface area (Å²) in [5, 5.41) is 1.78. The molecule has 7 heteroatoms. The highest BCUT2D eigenvalue weighted by Crippen LogP contribution is 2.47. The molecule has 3 heterocycles. The Morgan fingerprint density at radius 2 is 1.80 bits per heavy atom. The van der Waals surface area contributed by atoms with Crippen LogP contribution in [0.1, 0.15) is 24.8 Å². The molecule has 0 saturated carbocycles. The second-order valence-electron chi connectivity index (χ2n) is 6.76. The Labute approximate surface area is 151 Å². The molecule has 1 amide bonds. The zero-order chi connectivity index (χ0) is 17.7. The molecule has 0 N–H and O–H groups in total. The molecule has 1 saturated heterocycles. The predicted molar refractivity (Wildman–Crippen MR) is 98.5 cm³/mol. The monoisotopic (exact) mass is 376 g/mol. The van der Waals surface area contributed by atoms with Crippen molar-refractivity contribution in [3.63, 3.8) is 0 Å². The van der Waals surface area contributed by atoms with E-state index < -0.39 is 10.0 Å². The number of thiophene rings is 1. The van der Waals surface area contributed by atoms with Crippen molar-refractivity contribution in [3.8, 4) is 0 Å². The third-order valence-corrected chi connectivity index (χ3v) is 8.74. The fraction of sp³-hybridized carbons (Fsp3) is 0.389. The first kappa shape index (κ1) is 16.8. The topological polar surface area (TPSA) is 57.7 Å². The standard InChI is InChI=1S/C18H20N2O3S2/c1-19-15-6-3-2-5-14(15)18(13-16(19)21)8-10-20(11-9-18)25(22,23)17-7-4-12-24-17/h2-7,12H,8-11,13H2,1H3. The lowest BCUT2D eigenvalue weighted by molar-refractivity contribution is -0.120. The van der Waals surface area contributed by atoms with Crippen LogP contribution in [0.3, 0.4) is 0 Å². The van der Waals surface area contributed by atoms with Gasteiger partial charge < -0.3 is 4.90 Å². The molecule has 132 valence electrons. The molecule has 2 aromatic rings. The maximum Gasteiger partial charge on any atom is 0.252 e. The van der Waals surface area contributed by atoms with E-state index in [1.54, 1.807) is 26.7 Å². The number of fused-ring (bicyclic) bond motifs is 2. The van der Waals surface area contributed by atoms with Crippen LogP contribution >= 0.6 is 11.3 Å². The van der Waals surface area contributed by atoms with Gasteiger partial charge in [0.25, 0.3) is 10.0 Å². The van der Waals surface area contributed by atoms with Crippen molar-refractivity contribution in [3.05, 3.63) is 47.3 Å². The van der Waals surface area contributed by atoms with Crippen molar-refractivity contribution >= 4 is 33.0 Å². The summed E-state index contributed by atoms with van der Waals surface area (Å²) in [6.45, 7) is 0.900. The summed E-state index contributed by atoms with van der Waals surface area (Å²) in [6, 6.07) is 11.4. The van der Waals surface area contributed by atoms with Gasteiger partial charge in [0, 0.05) is 37.7 Å². The second kappa shape index (κ2) is 5.93. The molecule has 0 bridgehead atoms. The van der Waals surface area contributed by atoms with Gasteiger partial charge in [-0.05, 0) is 35.9 Å². The number of nitrogens with zero attached hydrogens (tertiary/aromatic N) is 2. The van der Waals surface area contributed by atoms with E-state index in [0.717, 1.165) is 5.69 Å². The molecule has 4 rings (SSSR count). The van der Waals surface area contributed by atoms with Gasteiger partial charge >= 0.3 is 0 Å². The van der Waals surface area contributed by atoms with Gasteiger partial charge in [-0.2, -0.15) is 4.31 Å². The minimum Gasteiger partial charge on any atom is -0.315 e. The predicted octanol–water partition coefficient (Wildman–Crippen LogP) is 2.84. The van der Waals surface area contributed by atoms with Gasteiger partial charge in [0.15, 0.2) is 0 Å². The molecule has 0 radical (unpaired) electrons. The van der Waals surface area contributed by atoms with Gasteiger partial charge in [0.05, 0.1) is 0 Å². The van der Waals surface area contributed by atoms with E-state index in [-0.39, 0.29) is 11.3 Å². The molecule has 2 aliphatic heterocycles. The van der Waals surface area contributed by atoms with Crippen LogP contribution in [-0.2, 0) is 20.2 Å². The van der Waals surface area contributed by atoms with Gasteiger partial charge in [0.1, 0.15) is 4.21 Å². The average molecular weight is 377 g/mol. The molecule has 1 fully saturated rings. The number of rotatable bonds is 2. The van der Waals surface area contributed by atoms with Crippen LogP contribution in [0.4, 0.5) is 5.69 Å². The van der Waals surface area contributed by atoms with E-state index >= 15 is 0 Å². The van der Waals surface area contributed by atoms with Crippen molar-refractivity contribution in [2.24, 2.45) is 0 Å². The number of anilines is 1. The van der Waals surface area contributed by atoms with Crippen molar-refractivity contribution < 1.29 is 13.2 Å². The van der Waals surface area contributed by atoms with E-state index in [2.05, 4.69) is 6.07 Å². The number of benzene rings is 1. The van der Waals surface area contributed by atoms with E-state index in [1.165, 1.54) is 16.9 Å². The van der Waals surface area contributed by atoms with Crippen LogP contribution in [0.25, 0.3) is 0 Å². The van der Waals surface area contributed by atoms with Crippen LogP contribution < -0.4 is 4.90 Å². The molecule has 5 nitrogen and oxygen atoms in total. The molecule has 25 heavy (non-hydrogen) atoms. The summed E-state index contributed by atoms with van der Waals surface area (Å²) < 4.78 is 27.4. The van der Waals surface area contributed by atoms with Crippen LogP contribution in [0, 0.1) is 0 Å². The molecular formula is C18H20N2O3S2. The molecular weight excluding hydrogens is 356 g/mol. The number of piperidine rings is 1. The summed E-state index contributed by atoms with van der Waals surface area (Å²) in [5.74, 6) is 0.105. The number of hydrogen-bond acceptors (Lipinski definition) is 4. The normalized spacial score (nSPS) is 20.7. The number of para-hydroxylation sites is 1. The smallest absolute Gasteiger partial charge is 0.252 e. The highest BCUT2D eigenvalue weighted by atomic mass is 32.2. The maximum absolute atomic E-state index is 12.7. The van der Waals surface area contributed by atoms with Crippen molar-refractivity contribution in [1.29, 1.82) is 0 Å². The van der Waals surface area contributed by atoms with Gasteiger partial charge in [0.2, 0.25) is 5.91 Å². The third-order valence-electron chi connectivity index (χ3n) is 5.47. The van der Waals surface area contributed by atoms with Gasteiger partial charge in [-0.1, -0.05) is 24.3 Å². The zero-order valence-electron chi connectivity index (χ0n) is 14.0. The van der Waals surface area contributed by atoms with Crippen molar-refractivity contribution in [2.45, 2.75) is 28.9 Å². The SMILES string of the molecule is CN1C(=O)CC2(CCN(S(=O)(=O)c3cccs3)CC2)c2ccccc21. The number of amides is 1. The number of carbonyl (C=O) groups excluding carboxylic acids is 1. The Hall–Kier alpha value is -1.70. The first-order chi connectivity index (χ1) is 11.9. The maximum atomic E-state index is 12.7. The number of carbonyl (C=O) groups is 1. The highest BCUT2D eigenvalue weighted by molar-refractivity contribution is 7.91. The lowest BCUT2D eigenvalue weighted by Crippen LogP contribution is -2.50. The Morgan fingerprint density at radius 1 is 1.08 bits per heavy atom. The second-order valence-corrected chi connectivity index (χ2v) is 9.88. The van der Waals surface area contributed by atoms with Crippen LogP contribution in [0.15, 0.2) is 46.0 Å². The lowest BCUT2D eigenvalue weighted by Gasteiger charge is -2.46. The first-order valence-electron chi connectivity index (χ1n) is 8.34. The molecule has 0 unspecified atom stereocenters. The Kier molecular flexibility index (Phi) is 3.97. The summed E-state index contributed by atoms with van der Waals surface area (Å²) in [7, 11) is -1.61. The average Bonchev–Trinajstić information content (AvgIpc) is 3.16. The fourth-order valence-electron chi connectivity index (χ4n) is 3.99. The van der Waals surface area contributed by atoms with Crippen LogP contribution in [0.2, 0.25) is 0 Å². The van der Waals surface area contributed by atoms with Gasteiger partial charge in [-0.25, -0.2) is 8.42 Å². The third kappa shape index (κ3) is 2.61. The summed E-state index contributed by atoms with van der Waals surface area (Å²) in [5.41, 5.74) is 1.88. The first-order valence-corrected chi connectivity index (χ1v) is 10.7. The Balaban J connectivity index is 1.63. The molecule has 1 spiro atoms. The van der Waals surface area contributed by atoms with E-state index in [1.807, 2.05) is 25.2 Å². The number of hydrogen-bond donors (Lipinski definition) is 0. The van der Waals surface area contributed by atoms with Crippen LogP contribution in [0.5, 0.6) is 0 Å². The minimum atomic E-state index is -3.42. The summed E-state index contributed by atoms with van der Waals surface area (Å²) in [4.78, 5) is 14.2. The zero-order valence-corrected chi connectivity index (χ0v) is 15.6. The highest BCUT2D eigenvalue weighted by Gasteiger charge is 2.45. The molecule has 1 aromatic carbocycles.